The normalized spacial score (nSPS) is 12.7. The van der Waals surface area contributed by atoms with Crippen LogP contribution in [0.1, 0.15) is 35.6 Å². The van der Waals surface area contributed by atoms with Crippen molar-refractivity contribution in [2.75, 3.05) is 7.05 Å². The first kappa shape index (κ1) is 15.2. The van der Waals surface area contributed by atoms with Crippen LogP contribution in [0.25, 0.3) is 0 Å². The summed E-state index contributed by atoms with van der Waals surface area (Å²) in [5, 5.41) is 7.95. The van der Waals surface area contributed by atoms with Gasteiger partial charge in [-0.15, -0.1) is 0 Å². The van der Waals surface area contributed by atoms with Crippen LogP contribution in [0.3, 0.4) is 0 Å². The van der Waals surface area contributed by atoms with E-state index < -0.39 is 0 Å². The van der Waals surface area contributed by atoms with Gasteiger partial charge in [-0.25, -0.2) is 0 Å². The molecule has 4 nitrogen and oxygen atoms in total. The molecule has 0 bridgehead atoms. The van der Waals surface area contributed by atoms with Gasteiger partial charge >= 0.3 is 0 Å². The van der Waals surface area contributed by atoms with Crippen molar-refractivity contribution in [2.24, 2.45) is 7.05 Å². The smallest absolute Gasteiger partial charge is 0.0766 e. The molecule has 1 unspecified atom stereocenters. The Hall–Kier alpha value is -1.20. The Labute approximate surface area is 128 Å². The molecule has 0 saturated heterocycles. The number of halogens is 1. The van der Waals surface area contributed by atoms with Crippen molar-refractivity contribution in [3.63, 3.8) is 0 Å². The summed E-state index contributed by atoms with van der Waals surface area (Å²) >= 11 is 3.68. The fourth-order valence-electron chi connectivity index (χ4n) is 2.47. The molecule has 0 radical (unpaired) electrons. The van der Waals surface area contributed by atoms with E-state index >= 15 is 0 Å². The Morgan fingerprint density at radius 3 is 2.75 bits per heavy atom. The van der Waals surface area contributed by atoms with Crippen LogP contribution in [0.15, 0.2) is 22.8 Å². The molecule has 2 aromatic heterocycles. The predicted octanol–water partition coefficient (Wildman–Crippen LogP) is 2.95. The largest absolute Gasteiger partial charge is 0.313 e. The van der Waals surface area contributed by atoms with Crippen molar-refractivity contribution < 1.29 is 0 Å². The number of aryl methyl sites for hydroxylation is 3. The molecule has 20 heavy (non-hydrogen) atoms. The molecule has 0 aromatic carbocycles. The molecule has 108 valence electrons. The van der Waals surface area contributed by atoms with Crippen LogP contribution in [0.5, 0.6) is 0 Å². The van der Waals surface area contributed by atoms with Crippen molar-refractivity contribution >= 4 is 15.9 Å². The summed E-state index contributed by atoms with van der Waals surface area (Å²) in [5.74, 6) is 0. The number of aromatic nitrogens is 3. The van der Waals surface area contributed by atoms with Gasteiger partial charge in [0.15, 0.2) is 0 Å². The Morgan fingerprint density at radius 1 is 1.45 bits per heavy atom. The maximum absolute atomic E-state index is 4.56. The van der Waals surface area contributed by atoms with Crippen molar-refractivity contribution in [3.8, 4) is 0 Å². The number of nitrogens with one attached hydrogen (secondary N) is 1. The molecule has 2 heterocycles. The second-order valence-corrected chi connectivity index (χ2v) is 5.70. The highest BCUT2D eigenvalue weighted by atomic mass is 79.9. The highest BCUT2D eigenvalue weighted by Crippen LogP contribution is 2.27. The zero-order valence-electron chi connectivity index (χ0n) is 12.4. The molecule has 5 heteroatoms. The molecular formula is C15H21BrN4. The highest BCUT2D eigenvalue weighted by Gasteiger charge is 2.19. The summed E-state index contributed by atoms with van der Waals surface area (Å²) < 4.78 is 3.10. The van der Waals surface area contributed by atoms with Crippen molar-refractivity contribution in [3.05, 3.63) is 45.4 Å². The van der Waals surface area contributed by atoms with Gasteiger partial charge in [-0.3, -0.25) is 9.67 Å². The summed E-state index contributed by atoms with van der Waals surface area (Å²) in [5.41, 5.74) is 4.63. The summed E-state index contributed by atoms with van der Waals surface area (Å²) in [7, 11) is 3.99. The topological polar surface area (TPSA) is 42.7 Å². The van der Waals surface area contributed by atoms with Gasteiger partial charge in [0.05, 0.1) is 15.9 Å². The summed E-state index contributed by atoms with van der Waals surface area (Å²) in [4.78, 5) is 4.38. The van der Waals surface area contributed by atoms with E-state index in [1.165, 1.54) is 11.3 Å². The van der Waals surface area contributed by atoms with E-state index in [-0.39, 0.29) is 6.04 Å². The van der Waals surface area contributed by atoms with Crippen molar-refractivity contribution in [1.82, 2.24) is 20.1 Å². The number of rotatable bonds is 5. The molecule has 0 saturated carbocycles. The van der Waals surface area contributed by atoms with Crippen molar-refractivity contribution in [1.29, 1.82) is 0 Å². The molecule has 0 amide bonds. The van der Waals surface area contributed by atoms with E-state index in [0.717, 1.165) is 28.7 Å². The molecular weight excluding hydrogens is 316 g/mol. The summed E-state index contributed by atoms with van der Waals surface area (Å²) in [6.07, 6.45) is 3.65. The second-order valence-electron chi connectivity index (χ2n) is 4.91. The van der Waals surface area contributed by atoms with Gasteiger partial charge in [-0.05, 0) is 48.0 Å². The quantitative estimate of drug-likeness (QED) is 0.912. The Morgan fingerprint density at radius 2 is 2.20 bits per heavy atom. The maximum Gasteiger partial charge on any atom is 0.0766 e. The summed E-state index contributed by atoms with van der Waals surface area (Å²) in [6.45, 7) is 4.17. The second kappa shape index (κ2) is 6.50. The van der Waals surface area contributed by atoms with Crippen LogP contribution in [-0.4, -0.2) is 21.8 Å². The van der Waals surface area contributed by atoms with Crippen LogP contribution in [-0.2, 0) is 19.9 Å². The third-order valence-electron chi connectivity index (χ3n) is 3.67. The fraction of sp³-hybridized carbons (Fsp3) is 0.467. The zero-order chi connectivity index (χ0) is 14.7. The number of hydrogen-bond donors (Lipinski definition) is 1. The third-order valence-corrected chi connectivity index (χ3v) is 4.59. The van der Waals surface area contributed by atoms with Gasteiger partial charge in [-0.2, -0.15) is 5.10 Å². The zero-order valence-corrected chi connectivity index (χ0v) is 14.0. The van der Waals surface area contributed by atoms with E-state index in [1.807, 2.05) is 31.0 Å². The minimum Gasteiger partial charge on any atom is -0.313 e. The average Bonchev–Trinajstić information content (AvgIpc) is 2.72. The molecule has 0 fully saturated rings. The number of hydrogen-bond acceptors (Lipinski definition) is 3. The lowest BCUT2D eigenvalue weighted by Crippen LogP contribution is -2.21. The lowest BCUT2D eigenvalue weighted by Gasteiger charge is -2.18. The SMILES string of the molecule is CCc1nn(C)c(CC(NC)c2cccnc2C)c1Br. The standard InChI is InChI=1S/C15H21BrN4/c1-5-12-15(16)14(20(4)19-12)9-13(17-3)11-7-6-8-18-10(11)2/h6-8,13,17H,5,9H2,1-4H3. The van der Waals surface area contributed by atoms with Gasteiger partial charge in [0.2, 0.25) is 0 Å². The highest BCUT2D eigenvalue weighted by molar-refractivity contribution is 9.10. The Kier molecular flexibility index (Phi) is 4.94. The molecule has 2 aromatic rings. The van der Waals surface area contributed by atoms with Crippen LogP contribution in [0.2, 0.25) is 0 Å². The van der Waals surface area contributed by atoms with Gasteiger partial charge in [0.25, 0.3) is 0 Å². The van der Waals surface area contributed by atoms with E-state index in [9.17, 15) is 0 Å². The van der Waals surface area contributed by atoms with E-state index in [1.54, 1.807) is 0 Å². The first-order valence-corrected chi connectivity index (χ1v) is 7.66. The monoisotopic (exact) mass is 336 g/mol. The number of nitrogens with zero attached hydrogens (tertiary/aromatic N) is 3. The van der Waals surface area contributed by atoms with Crippen LogP contribution in [0, 0.1) is 6.92 Å². The molecule has 0 aliphatic rings. The minimum atomic E-state index is 0.236. The fourth-order valence-corrected chi connectivity index (χ4v) is 3.25. The van der Waals surface area contributed by atoms with Crippen LogP contribution in [0.4, 0.5) is 0 Å². The van der Waals surface area contributed by atoms with Gasteiger partial charge in [0.1, 0.15) is 0 Å². The van der Waals surface area contributed by atoms with Gasteiger partial charge in [-0.1, -0.05) is 13.0 Å². The van der Waals surface area contributed by atoms with E-state index in [0.29, 0.717) is 0 Å². The maximum atomic E-state index is 4.56. The van der Waals surface area contributed by atoms with Crippen molar-refractivity contribution in [2.45, 2.75) is 32.7 Å². The molecule has 0 aliphatic carbocycles. The van der Waals surface area contributed by atoms with E-state index in [4.69, 9.17) is 0 Å². The Bertz CT molecular complexity index is 592. The molecule has 1 N–H and O–H groups in total. The van der Waals surface area contributed by atoms with E-state index in [2.05, 4.69) is 51.2 Å². The Balaban J connectivity index is 2.32. The predicted molar refractivity (Wildman–Crippen MR) is 84.8 cm³/mol. The number of pyridine rings is 1. The first-order chi connectivity index (χ1) is 9.58. The summed E-state index contributed by atoms with van der Waals surface area (Å²) in [6, 6.07) is 4.36. The third kappa shape index (κ3) is 2.94. The molecule has 0 spiro atoms. The molecule has 0 aliphatic heterocycles. The lowest BCUT2D eigenvalue weighted by atomic mass is 10.0. The lowest BCUT2D eigenvalue weighted by molar-refractivity contribution is 0.555. The average molecular weight is 337 g/mol. The van der Waals surface area contributed by atoms with Crippen LogP contribution >= 0.6 is 15.9 Å². The van der Waals surface area contributed by atoms with Gasteiger partial charge in [0, 0.05) is 31.4 Å². The molecule has 2 rings (SSSR count). The van der Waals surface area contributed by atoms with Gasteiger partial charge < -0.3 is 5.32 Å². The minimum absolute atomic E-state index is 0.236. The first-order valence-electron chi connectivity index (χ1n) is 6.87. The number of likely N-dealkylation sites (N-methyl/N-ethyl adjacent to an activating group) is 1. The van der Waals surface area contributed by atoms with Crippen LogP contribution < -0.4 is 5.32 Å². The molecule has 1 atom stereocenters.